The van der Waals surface area contributed by atoms with Crippen molar-refractivity contribution in [1.82, 2.24) is 10.3 Å². The van der Waals surface area contributed by atoms with Crippen LogP contribution in [0, 0.1) is 0 Å². The number of carbonyl (C=O) groups is 1. The Morgan fingerprint density at radius 3 is 2.85 bits per heavy atom. The van der Waals surface area contributed by atoms with Gasteiger partial charge < -0.3 is 14.8 Å². The number of nitrogens with one attached hydrogen (secondary N) is 1. The van der Waals surface area contributed by atoms with Crippen molar-refractivity contribution in [2.24, 2.45) is 0 Å². The number of ether oxygens (including phenoxy) is 2. The number of fused-ring (bicyclic) bond motifs is 1. The van der Waals surface area contributed by atoms with Gasteiger partial charge in [-0.2, -0.15) is 11.3 Å². The quantitative estimate of drug-likeness (QED) is 0.747. The largest absolute Gasteiger partial charge is 0.486 e. The minimum absolute atomic E-state index is 0.0655. The van der Waals surface area contributed by atoms with Gasteiger partial charge in [0.15, 0.2) is 11.5 Å². The molecule has 3 heterocycles. The van der Waals surface area contributed by atoms with E-state index in [1.165, 1.54) is 0 Å². The summed E-state index contributed by atoms with van der Waals surface area (Å²) in [7, 11) is 0. The molecule has 1 atom stereocenters. The van der Waals surface area contributed by atoms with Crippen LogP contribution < -0.4 is 14.8 Å². The molecule has 26 heavy (non-hydrogen) atoms. The van der Waals surface area contributed by atoms with Gasteiger partial charge in [0.05, 0.1) is 11.3 Å². The summed E-state index contributed by atoms with van der Waals surface area (Å²) in [6.07, 6.45) is 2.23. The van der Waals surface area contributed by atoms with Gasteiger partial charge in [0.2, 0.25) is 0 Å². The average molecular weight is 366 g/mol. The van der Waals surface area contributed by atoms with E-state index in [-0.39, 0.29) is 12.0 Å². The first-order valence-electron chi connectivity index (χ1n) is 8.45. The number of benzene rings is 1. The van der Waals surface area contributed by atoms with E-state index in [0.29, 0.717) is 25.1 Å². The Morgan fingerprint density at radius 1 is 1.19 bits per heavy atom. The molecule has 5 nitrogen and oxygen atoms in total. The van der Waals surface area contributed by atoms with Crippen LogP contribution in [-0.2, 0) is 0 Å². The van der Waals surface area contributed by atoms with Gasteiger partial charge >= 0.3 is 0 Å². The molecule has 0 fully saturated rings. The molecule has 0 radical (unpaired) electrons. The Kier molecular flexibility index (Phi) is 4.84. The Labute approximate surface area is 155 Å². The van der Waals surface area contributed by atoms with Crippen molar-refractivity contribution in [2.75, 3.05) is 13.2 Å². The zero-order valence-electron chi connectivity index (χ0n) is 14.1. The molecule has 2 aromatic heterocycles. The lowest BCUT2D eigenvalue weighted by Gasteiger charge is -2.26. The molecular formula is C20H18N2O3S. The molecule has 132 valence electrons. The first-order valence-corrected chi connectivity index (χ1v) is 9.39. The van der Waals surface area contributed by atoms with Crippen molar-refractivity contribution in [2.45, 2.75) is 12.5 Å². The highest BCUT2D eigenvalue weighted by Gasteiger charge is 2.20. The van der Waals surface area contributed by atoms with Crippen LogP contribution in [0.3, 0.4) is 0 Å². The number of nitrogens with zero attached hydrogens (tertiary/aromatic N) is 1. The van der Waals surface area contributed by atoms with Gasteiger partial charge in [-0.05, 0) is 35.7 Å². The molecule has 0 aliphatic carbocycles. The number of hydrogen-bond acceptors (Lipinski definition) is 5. The minimum atomic E-state index is -0.133. The third-order valence-corrected chi connectivity index (χ3v) is 4.85. The predicted molar refractivity (Wildman–Crippen MR) is 101 cm³/mol. The average Bonchev–Trinajstić information content (AvgIpc) is 3.23. The summed E-state index contributed by atoms with van der Waals surface area (Å²) in [6.45, 7) is 1.01. The lowest BCUT2D eigenvalue weighted by Crippen LogP contribution is -2.34. The second-order valence-electron chi connectivity index (χ2n) is 5.99. The van der Waals surface area contributed by atoms with Crippen molar-refractivity contribution in [3.63, 3.8) is 0 Å². The number of aromatic nitrogens is 1. The number of para-hydroxylation sites is 2. The van der Waals surface area contributed by atoms with E-state index in [1.807, 2.05) is 47.2 Å². The molecule has 0 saturated heterocycles. The van der Waals surface area contributed by atoms with Gasteiger partial charge in [-0.3, -0.25) is 9.78 Å². The van der Waals surface area contributed by atoms with E-state index in [0.717, 1.165) is 22.8 Å². The van der Waals surface area contributed by atoms with Gasteiger partial charge in [-0.25, -0.2) is 0 Å². The molecule has 0 bridgehead atoms. The van der Waals surface area contributed by atoms with E-state index < -0.39 is 0 Å². The molecule has 0 spiro atoms. The fraction of sp³-hybridized carbons (Fsp3) is 0.200. The molecule has 1 amide bonds. The van der Waals surface area contributed by atoms with Crippen LogP contribution in [0.1, 0.15) is 16.8 Å². The summed E-state index contributed by atoms with van der Waals surface area (Å²) < 4.78 is 11.6. The fourth-order valence-electron chi connectivity index (χ4n) is 2.76. The van der Waals surface area contributed by atoms with E-state index in [2.05, 4.69) is 10.3 Å². The number of thiophene rings is 1. The van der Waals surface area contributed by atoms with Crippen LogP contribution in [0.2, 0.25) is 0 Å². The Hall–Kier alpha value is -2.86. The molecule has 4 rings (SSSR count). The van der Waals surface area contributed by atoms with Crippen LogP contribution in [-0.4, -0.2) is 30.1 Å². The monoisotopic (exact) mass is 366 g/mol. The molecular weight excluding hydrogens is 348 g/mol. The van der Waals surface area contributed by atoms with Crippen molar-refractivity contribution < 1.29 is 14.3 Å². The minimum Gasteiger partial charge on any atom is -0.486 e. The van der Waals surface area contributed by atoms with Crippen LogP contribution in [0.25, 0.3) is 11.3 Å². The highest BCUT2D eigenvalue weighted by Crippen LogP contribution is 2.31. The smallest absolute Gasteiger partial charge is 0.252 e. The molecule has 6 heteroatoms. The number of pyridine rings is 1. The number of rotatable bonds is 5. The number of carbonyl (C=O) groups excluding carboxylic acids is 1. The van der Waals surface area contributed by atoms with Crippen molar-refractivity contribution in [1.29, 1.82) is 0 Å². The topological polar surface area (TPSA) is 60.5 Å². The Morgan fingerprint density at radius 2 is 2.08 bits per heavy atom. The lowest BCUT2D eigenvalue weighted by molar-refractivity contribution is 0.0812. The summed E-state index contributed by atoms with van der Waals surface area (Å²) in [6, 6.07) is 13.3. The van der Waals surface area contributed by atoms with Gasteiger partial charge in [-0.1, -0.05) is 12.1 Å². The van der Waals surface area contributed by atoms with Gasteiger partial charge in [-0.15, -0.1) is 0 Å². The van der Waals surface area contributed by atoms with Crippen molar-refractivity contribution >= 4 is 17.2 Å². The van der Waals surface area contributed by atoms with Crippen LogP contribution in [0.15, 0.2) is 59.4 Å². The predicted octanol–water partition coefficient (Wildman–Crippen LogP) is 3.77. The number of hydrogen-bond donors (Lipinski definition) is 1. The van der Waals surface area contributed by atoms with Crippen LogP contribution in [0.4, 0.5) is 0 Å². The summed E-state index contributed by atoms with van der Waals surface area (Å²) in [5.41, 5.74) is 2.49. The highest BCUT2D eigenvalue weighted by atomic mass is 32.1. The molecule has 0 saturated carbocycles. The van der Waals surface area contributed by atoms with E-state index in [4.69, 9.17) is 9.47 Å². The summed E-state index contributed by atoms with van der Waals surface area (Å²) in [5.74, 6) is 1.39. The molecule has 1 N–H and O–H groups in total. The maximum Gasteiger partial charge on any atom is 0.252 e. The van der Waals surface area contributed by atoms with E-state index in [1.54, 1.807) is 23.6 Å². The molecule has 1 aromatic carbocycles. The summed E-state index contributed by atoms with van der Waals surface area (Å²) in [4.78, 5) is 16.6. The van der Waals surface area contributed by atoms with Gasteiger partial charge in [0.25, 0.3) is 5.91 Å². The van der Waals surface area contributed by atoms with Crippen LogP contribution >= 0.6 is 11.3 Å². The van der Waals surface area contributed by atoms with E-state index in [9.17, 15) is 4.79 Å². The highest BCUT2D eigenvalue weighted by molar-refractivity contribution is 7.08. The molecule has 1 aliphatic heterocycles. The SMILES string of the molecule is O=C(NCCC1COc2ccccc2O1)c1ccc(-c2ccsc2)nc1. The maximum absolute atomic E-state index is 12.3. The van der Waals surface area contributed by atoms with Crippen molar-refractivity contribution in [3.05, 3.63) is 65.0 Å². The van der Waals surface area contributed by atoms with Gasteiger partial charge in [0, 0.05) is 30.1 Å². The zero-order valence-corrected chi connectivity index (χ0v) is 14.9. The molecule has 3 aromatic rings. The second-order valence-corrected chi connectivity index (χ2v) is 6.77. The third kappa shape index (κ3) is 3.70. The second kappa shape index (κ2) is 7.58. The fourth-order valence-corrected chi connectivity index (χ4v) is 3.41. The normalized spacial score (nSPS) is 15.5. The Bertz CT molecular complexity index is 878. The summed E-state index contributed by atoms with van der Waals surface area (Å²) >= 11 is 1.62. The van der Waals surface area contributed by atoms with E-state index >= 15 is 0 Å². The molecule has 1 aliphatic rings. The lowest BCUT2D eigenvalue weighted by atomic mass is 10.2. The Balaban J connectivity index is 1.28. The first kappa shape index (κ1) is 16.6. The molecule has 1 unspecified atom stereocenters. The first-order chi connectivity index (χ1) is 12.8. The van der Waals surface area contributed by atoms with Crippen LogP contribution in [0.5, 0.6) is 11.5 Å². The maximum atomic E-state index is 12.3. The standard InChI is InChI=1S/C20H18N2O3S/c23-20(14-5-6-17(22-11-14)15-8-10-26-13-15)21-9-7-16-12-24-18-3-1-2-4-19(18)25-16/h1-6,8,10-11,13,16H,7,9,12H2,(H,21,23). The number of amides is 1. The van der Waals surface area contributed by atoms with Crippen molar-refractivity contribution in [3.8, 4) is 22.8 Å². The third-order valence-electron chi connectivity index (χ3n) is 4.16. The summed E-state index contributed by atoms with van der Waals surface area (Å²) in [5, 5.41) is 6.95. The zero-order chi connectivity index (χ0) is 17.8. The van der Waals surface area contributed by atoms with Gasteiger partial charge in [0.1, 0.15) is 12.7 Å².